The van der Waals surface area contributed by atoms with E-state index < -0.39 is 0 Å². The number of methoxy groups -OCH3 is 4. The Labute approximate surface area is 204 Å². The first kappa shape index (κ1) is 22.6. The summed E-state index contributed by atoms with van der Waals surface area (Å²) in [6.07, 6.45) is 2.60. The third kappa shape index (κ3) is 3.90. The van der Waals surface area contributed by atoms with Crippen molar-refractivity contribution in [2.45, 2.75) is 13.0 Å². The van der Waals surface area contributed by atoms with Gasteiger partial charge in [0.15, 0.2) is 23.0 Å². The Morgan fingerprint density at radius 3 is 2.26 bits per heavy atom. The molecule has 2 N–H and O–H groups in total. The van der Waals surface area contributed by atoms with Crippen molar-refractivity contribution >= 4 is 22.4 Å². The van der Waals surface area contributed by atoms with Gasteiger partial charge in [-0.25, -0.2) is 4.98 Å². The summed E-state index contributed by atoms with van der Waals surface area (Å²) in [4.78, 5) is 11.8. The molecule has 0 saturated carbocycles. The van der Waals surface area contributed by atoms with Gasteiger partial charge in [0.2, 0.25) is 0 Å². The van der Waals surface area contributed by atoms with E-state index in [1.165, 1.54) is 11.1 Å². The Balaban J connectivity index is 1.62. The third-order valence-corrected chi connectivity index (χ3v) is 6.42. The lowest BCUT2D eigenvalue weighted by atomic mass is 9.98. The van der Waals surface area contributed by atoms with Gasteiger partial charge in [0.05, 0.1) is 45.2 Å². The molecule has 0 atom stereocenters. The first-order valence-corrected chi connectivity index (χ1v) is 11.3. The standard InChI is InChI=1S/C27H28N4O4/c1-32-21-11-16-8-10-31(15-17(16)12-22(21)33-2)24-13-18(28)25-20(30-24)14-23(34-3)27(35-4)26(25)19-7-5-6-9-29-19/h5-7,9,11-14H,8,10,15H2,1-4H3,(H2,28,30). The Bertz CT molecular complexity index is 1390. The molecule has 0 bridgehead atoms. The topological polar surface area (TPSA) is 92.0 Å². The number of nitrogen functional groups attached to an aromatic ring is 1. The van der Waals surface area contributed by atoms with E-state index in [9.17, 15) is 0 Å². The van der Waals surface area contributed by atoms with E-state index in [1.807, 2.05) is 36.4 Å². The van der Waals surface area contributed by atoms with Gasteiger partial charge in [-0.05, 0) is 41.8 Å². The van der Waals surface area contributed by atoms with Gasteiger partial charge >= 0.3 is 0 Å². The van der Waals surface area contributed by atoms with Crippen LogP contribution in [0.3, 0.4) is 0 Å². The predicted octanol–water partition coefficient (Wildman–Crippen LogP) is 4.48. The molecule has 0 fully saturated rings. The van der Waals surface area contributed by atoms with Crippen LogP contribution in [0.1, 0.15) is 11.1 Å². The number of nitrogens with two attached hydrogens (primary N) is 1. The summed E-state index contributed by atoms with van der Waals surface area (Å²) < 4.78 is 22.4. The molecule has 0 unspecified atom stereocenters. The van der Waals surface area contributed by atoms with Crippen molar-refractivity contribution in [2.75, 3.05) is 45.6 Å². The van der Waals surface area contributed by atoms with E-state index >= 15 is 0 Å². The molecule has 0 aliphatic carbocycles. The quantitative estimate of drug-likeness (QED) is 0.439. The second-order valence-electron chi connectivity index (χ2n) is 8.31. The van der Waals surface area contributed by atoms with Crippen molar-refractivity contribution in [3.8, 4) is 34.3 Å². The summed E-state index contributed by atoms with van der Waals surface area (Å²) in [5.74, 6) is 3.42. The number of hydrogen-bond acceptors (Lipinski definition) is 8. The lowest BCUT2D eigenvalue weighted by Crippen LogP contribution is -2.31. The molecular weight excluding hydrogens is 444 g/mol. The highest BCUT2D eigenvalue weighted by Crippen LogP contribution is 2.45. The fourth-order valence-corrected chi connectivity index (χ4v) is 4.72. The van der Waals surface area contributed by atoms with Crippen molar-refractivity contribution in [1.82, 2.24) is 9.97 Å². The van der Waals surface area contributed by atoms with Gasteiger partial charge < -0.3 is 29.6 Å². The van der Waals surface area contributed by atoms with Crippen LogP contribution in [-0.2, 0) is 13.0 Å². The summed E-state index contributed by atoms with van der Waals surface area (Å²) in [6, 6.07) is 13.6. The van der Waals surface area contributed by atoms with E-state index in [-0.39, 0.29) is 0 Å². The lowest BCUT2D eigenvalue weighted by molar-refractivity contribution is 0.353. The molecule has 4 aromatic rings. The van der Waals surface area contributed by atoms with Crippen molar-refractivity contribution in [3.63, 3.8) is 0 Å². The van der Waals surface area contributed by atoms with Gasteiger partial charge in [-0.1, -0.05) is 6.07 Å². The number of fused-ring (bicyclic) bond motifs is 2. The fourth-order valence-electron chi connectivity index (χ4n) is 4.72. The number of ether oxygens (including phenoxy) is 4. The van der Waals surface area contributed by atoms with Crippen LogP contribution in [0, 0.1) is 0 Å². The number of rotatable bonds is 6. The van der Waals surface area contributed by atoms with Crippen LogP contribution < -0.4 is 29.6 Å². The van der Waals surface area contributed by atoms with Crippen molar-refractivity contribution in [2.24, 2.45) is 0 Å². The summed E-state index contributed by atoms with van der Waals surface area (Å²) >= 11 is 0. The minimum Gasteiger partial charge on any atom is -0.493 e. The smallest absolute Gasteiger partial charge is 0.170 e. The molecule has 0 amide bonds. The van der Waals surface area contributed by atoms with Gasteiger partial charge in [-0.3, -0.25) is 4.98 Å². The first-order valence-electron chi connectivity index (χ1n) is 11.3. The van der Waals surface area contributed by atoms with E-state index in [4.69, 9.17) is 29.7 Å². The summed E-state index contributed by atoms with van der Waals surface area (Å²) in [6.45, 7) is 1.49. The molecule has 2 aromatic heterocycles. The average Bonchev–Trinajstić information content (AvgIpc) is 2.91. The summed E-state index contributed by atoms with van der Waals surface area (Å²) in [7, 11) is 6.53. The molecule has 0 radical (unpaired) electrons. The Morgan fingerprint density at radius 2 is 1.60 bits per heavy atom. The van der Waals surface area contributed by atoms with Crippen molar-refractivity contribution < 1.29 is 18.9 Å². The molecule has 8 heteroatoms. The van der Waals surface area contributed by atoms with Gasteiger partial charge in [0.25, 0.3) is 0 Å². The molecule has 0 saturated heterocycles. The zero-order chi connectivity index (χ0) is 24.5. The number of pyridine rings is 2. The molecule has 180 valence electrons. The minimum atomic E-state index is 0.575. The maximum absolute atomic E-state index is 6.67. The predicted molar refractivity (Wildman–Crippen MR) is 137 cm³/mol. The molecule has 5 rings (SSSR count). The van der Waals surface area contributed by atoms with Crippen LogP contribution in [0.15, 0.2) is 48.7 Å². The maximum Gasteiger partial charge on any atom is 0.170 e. The zero-order valence-corrected chi connectivity index (χ0v) is 20.3. The van der Waals surface area contributed by atoms with Gasteiger partial charge in [-0.15, -0.1) is 0 Å². The Hall–Kier alpha value is -4.20. The minimum absolute atomic E-state index is 0.575. The number of benzene rings is 2. The monoisotopic (exact) mass is 472 g/mol. The molecule has 35 heavy (non-hydrogen) atoms. The van der Waals surface area contributed by atoms with Gasteiger partial charge in [-0.2, -0.15) is 0 Å². The highest BCUT2D eigenvalue weighted by molar-refractivity contribution is 6.06. The van der Waals surface area contributed by atoms with Crippen LogP contribution in [0.4, 0.5) is 11.5 Å². The molecule has 0 spiro atoms. The van der Waals surface area contributed by atoms with Crippen LogP contribution in [0.2, 0.25) is 0 Å². The van der Waals surface area contributed by atoms with Gasteiger partial charge in [0, 0.05) is 42.5 Å². The van der Waals surface area contributed by atoms with E-state index in [2.05, 4.69) is 16.0 Å². The SMILES string of the molecule is COc1cc2c(cc1OC)CN(c1cc(N)c3c(-c4ccccn4)c(OC)c(OC)cc3n1)CC2. The second-order valence-corrected chi connectivity index (χ2v) is 8.31. The van der Waals surface area contributed by atoms with E-state index in [1.54, 1.807) is 34.6 Å². The molecule has 8 nitrogen and oxygen atoms in total. The zero-order valence-electron chi connectivity index (χ0n) is 20.3. The second kappa shape index (κ2) is 9.21. The highest BCUT2D eigenvalue weighted by Gasteiger charge is 2.24. The summed E-state index contributed by atoms with van der Waals surface area (Å²) in [5.41, 5.74) is 11.9. The Morgan fingerprint density at radius 1 is 0.857 bits per heavy atom. The Kier molecular flexibility index (Phi) is 5.94. The van der Waals surface area contributed by atoms with Crippen molar-refractivity contribution in [3.05, 3.63) is 59.8 Å². The number of anilines is 2. The first-order chi connectivity index (χ1) is 17.1. The van der Waals surface area contributed by atoms with Crippen LogP contribution in [-0.4, -0.2) is 45.0 Å². The molecule has 1 aliphatic heterocycles. The fraction of sp³-hybridized carbons (Fsp3) is 0.259. The summed E-state index contributed by atoms with van der Waals surface area (Å²) in [5, 5.41) is 0.786. The highest BCUT2D eigenvalue weighted by atomic mass is 16.5. The van der Waals surface area contributed by atoms with Crippen molar-refractivity contribution in [1.29, 1.82) is 0 Å². The molecule has 3 heterocycles. The molecular formula is C27H28N4O4. The molecule has 1 aliphatic rings. The van der Waals surface area contributed by atoms with Gasteiger partial charge in [0.1, 0.15) is 5.82 Å². The average molecular weight is 473 g/mol. The molecule has 2 aromatic carbocycles. The third-order valence-electron chi connectivity index (χ3n) is 6.42. The van der Waals surface area contributed by atoms with E-state index in [0.717, 1.165) is 52.4 Å². The normalized spacial score (nSPS) is 12.9. The largest absolute Gasteiger partial charge is 0.493 e. The van der Waals surface area contributed by atoms with Crippen LogP contribution in [0.5, 0.6) is 23.0 Å². The number of hydrogen-bond donors (Lipinski definition) is 1. The number of nitrogens with zero attached hydrogens (tertiary/aromatic N) is 3. The maximum atomic E-state index is 6.67. The van der Waals surface area contributed by atoms with E-state index in [0.29, 0.717) is 23.7 Å². The van der Waals surface area contributed by atoms with Crippen LogP contribution in [0.25, 0.3) is 22.2 Å². The van der Waals surface area contributed by atoms with Crippen LogP contribution >= 0.6 is 0 Å². The lowest BCUT2D eigenvalue weighted by Gasteiger charge is -2.31. The number of aromatic nitrogens is 2.